The number of methoxy groups -OCH3 is 1. The van der Waals surface area contributed by atoms with Gasteiger partial charge in [0.1, 0.15) is 0 Å². The van der Waals surface area contributed by atoms with Gasteiger partial charge in [-0.15, -0.1) is 11.3 Å². The molecule has 1 N–H and O–H groups in total. The van der Waals surface area contributed by atoms with Crippen molar-refractivity contribution in [3.63, 3.8) is 0 Å². The molecule has 1 aromatic carbocycles. The van der Waals surface area contributed by atoms with Gasteiger partial charge in [-0.3, -0.25) is 0 Å². The number of benzene rings is 1. The van der Waals surface area contributed by atoms with Crippen molar-refractivity contribution in [3.8, 4) is 0 Å². The van der Waals surface area contributed by atoms with Gasteiger partial charge >= 0.3 is 12.0 Å². The number of carbonyl (C=O) groups excluding carboxylic acids is 2. The molecule has 7 heteroatoms. The maximum Gasteiger partial charge on any atom is 0.339 e. The molecule has 2 rings (SSSR count). The molecule has 0 fully saturated rings. The molecule has 2 aromatic rings. The Hall–Kier alpha value is -2.05. The van der Waals surface area contributed by atoms with Crippen LogP contribution in [0.5, 0.6) is 0 Å². The van der Waals surface area contributed by atoms with E-state index in [-0.39, 0.29) is 6.03 Å². The zero-order valence-corrected chi connectivity index (χ0v) is 13.7. The second kappa shape index (κ2) is 7.29. The van der Waals surface area contributed by atoms with E-state index in [1.165, 1.54) is 23.3 Å². The van der Waals surface area contributed by atoms with E-state index in [0.717, 1.165) is 4.88 Å². The molecule has 116 valence electrons. The molecule has 0 saturated carbocycles. The zero-order valence-electron chi connectivity index (χ0n) is 12.1. The van der Waals surface area contributed by atoms with Crippen LogP contribution in [0.1, 0.15) is 15.2 Å². The molecule has 0 aliphatic rings. The fourth-order valence-corrected chi connectivity index (χ4v) is 2.97. The number of esters is 1. The maximum absolute atomic E-state index is 12.2. The minimum absolute atomic E-state index is 0.311. The number of thiophene rings is 1. The van der Waals surface area contributed by atoms with E-state index >= 15 is 0 Å². The standard InChI is InChI=1S/C15H15ClN2O3S/c1-18(9-10-7-8-13(16)22-10)15(20)17-12-6-4-3-5-11(12)14(19)21-2/h3-8H,9H2,1-2H3,(H,17,20). The Morgan fingerprint density at radius 1 is 1.27 bits per heavy atom. The summed E-state index contributed by atoms with van der Waals surface area (Å²) in [4.78, 5) is 26.4. The fraction of sp³-hybridized carbons (Fsp3) is 0.200. The van der Waals surface area contributed by atoms with Crippen LogP contribution in [0.4, 0.5) is 10.5 Å². The van der Waals surface area contributed by atoms with E-state index in [2.05, 4.69) is 5.32 Å². The molecular formula is C15H15ClN2O3S. The van der Waals surface area contributed by atoms with Crippen molar-refractivity contribution >= 4 is 40.6 Å². The third-order valence-corrected chi connectivity index (χ3v) is 4.16. The lowest BCUT2D eigenvalue weighted by atomic mass is 10.2. The zero-order chi connectivity index (χ0) is 16.1. The van der Waals surface area contributed by atoms with Gasteiger partial charge in [-0.25, -0.2) is 9.59 Å². The summed E-state index contributed by atoms with van der Waals surface area (Å²) in [7, 11) is 2.97. The number of rotatable bonds is 4. The van der Waals surface area contributed by atoms with Gasteiger partial charge in [-0.05, 0) is 24.3 Å². The van der Waals surface area contributed by atoms with Crippen LogP contribution in [-0.2, 0) is 11.3 Å². The van der Waals surface area contributed by atoms with Crippen LogP contribution in [0, 0.1) is 0 Å². The van der Waals surface area contributed by atoms with E-state index < -0.39 is 5.97 Å². The molecule has 1 aromatic heterocycles. The highest BCUT2D eigenvalue weighted by Crippen LogP contribution is 2.23. The molecule has 0 spiro atoms. The van der Waals surface area contributed by atoms with Gasteiger partial charge < -0.3 is 15.0 Å². The summed E-state index contributed by atoms with van der Waals surface area (Å²) in [5.74, 6) is -0.497. The summed E-state index contributed by atoms with van der Waals surface area (Å²) in [6, 6.07) is 10.0. The molecule has 5 nitrogen and oxygen atoms in total. The SMILES string of the molecule is COC(=O)c1ccccc1NC(=O)N(C)Cc1ccc(Cl)s1. The van der Waals surface area contributed by atoms with Crippen molar-refractivity contribution in [1.29, 1.82) is 0 Å². The average molecular weight is 339 g/mol. The van der Waals surface area contributed by atoms with Crippen molar-refractivity contribution in [3.05, 3.63) is 51.2 Å². The Morgan fingerprint density at radius 3 is 2.64 bits per heavy atom. The Labute approximate surface area is 137 Å². The van der Waals surface area contributed by atoms with Gasteiger partial charge in [0, 0.05) is 11.9 Å². The molecule has 0 aliphatic carbocycles. The normalized spacial score (nSPS) is 10.1. The van der Waals surface area contributed by atoms with Gasteiger partial charge in [-0.1, -0.05) is 23.7 Å². The largest absolute Gasteiger partial charge is 0.465 e. The number of nitrogens with zero attached hydrogens (tertiary/aromatic N) is 1. The summed E-state index contributed by atoms with van der Waals surface area (Å²) >= 11 is 7.29. The number of amides is 2. The lowest BCUT2D eigenvalue weighted by molar-refractivity contribution is 0.0602. The number of hydrogen-bond donors (Lipinski definition) is 1. The highest BCUT2D eigenvalue weighted by Gasteiger charge is 2.16. The van der Waals surface area contributed by atoms with Crippen LogP contribution in [0.15, 0.2) is 36.4 Å². The van der Waals surface area contributed by atoms with Crippen molar-refractivity contribution in [2.75, 3.05) is 19.5 Å². The van der Waals surface area contributed by atoms with Crippen molar-refractivity contribution in [2.45, 2.75) is 6.54 Å². The monoisotopic (exact) mass is 338 g/mol. The smallest absolute Gasteiger partial charge is 0.339 e. The van der Waals surface area contributed by atoms with Gasteiger partial charge in [0.05, 0.1) is 29.2 Å². The van der Waals surface area contributed by atoms with Crippen LogP contribution in [0.25, 0.3) is 0 Å². The molecule has 0 saturated heterocycles. The molecule has 0 bridgehead atoms. The van der Waals surface area contributed by atoms with Crippen molar-refractivity contribution in [1.82, 2.24) is 4.90 Å². The second-order valence-electron chi connectivity index (χ2n) is 4.53. The quantitative estimate of drug-likeness (QED) is 0.861. The van der Waals surface area contributed by atoms with Gasteiger partial charge in [0.15, 0.2) is 0 Å². The van der Waals surface area contributed by atoms with E-state index in [4.69, 9.17) is 16.3 Å². The highest BCUT2D eigenvalue weighted by atomic mass is 35.5. The molecule has 0 atom stereocenters. The third kappa shape index (κ3) is 3.99. The first-order valence-corrected chi connectivity index (χ1v) is 7.64. The van der Waals surface area contributed by atoms with Gasteiger partial charge in [-0.2, -0.15) is 0 Å². The Kier molecular flexibility index (Phi) is 5.41. The lowest BCUT2D eigenvalue weighted by Gasteiger charge is -2.18. The Balaban J connectivity index is 2.07. The highest BCUT2D eigenvalue weighted by molar-refractivity contribution is 7.16. The van der Waals surface area contributed by atoms with Gasteiger partial charge in [0.2, 0.25) is 0 Å². The number of urea groups is 1. The number of hydrogen-bond acceptors (Lipinski definition) is 4. The predicted molar refractivity (Wildman–Crippen MR) is 87.6 cm³/mol. The first-order valence-electron chi connectivity index (χ1n) is 6.45. The molecular weight excluding hydrogens is 324 g/mol. The first-order chi connectivity index (χ1) is 10.5. The Bertz CT molecular complexity index is 687. The summed E-state index contributed by atoms with van der Waals surface area (Å²) in [6.45, 7) is 0.434. The van der Waals surface area contributed by atoms with Crippen molar-refractivity contribution in [2.24, 2.45) is 0 Å². The van der Waals surface area contributed by atoms with Crippen LogP contribution in [0.2, 0.25) is 4.34 Å². The number of anilines is 1. The summed E-state index contributed by atoms with van der Waals surface area (Å²) in [6.07, 6.45) is 0. The van der Waals surface area contributed by atoms with Gasteiger partial charge in [0.25, 0.3) is 0 Å². The van der Waals surface area contributed by atoms with E-state index in [1.807, 2.05) is 6.07 Å². The number of halogens is 1. The molecule has 0 radical (unpaired) electrons. The van der Waals surface area contributed by atoms with Crippen LogP contribution >= 0.6 is 22.9 Å². The Morgan fingerprint density at radius 2 is 2.00 bits per heavy atom. The van der Waals surface area contributed by atoms with Crippen LogP contribution in [-0.4, -0.2) is 31.1 Å². The molecule has 0 unspecified atom stereocenters. The molecule has 0 aliphatic heterocycles. The topological polar surface area (TPSA) is 58.6 Å². The van der Waals surface area contributed by atoms with E-state index in [9.17, 15) is 9.59 Å². The second-order valence-corrected chi connectivity index (χ2v) is 6.33. The van der Waals surface area contributed by atoms with Crippen LogP contribution < -0.4 is 5.32 Å². The predicted octanol–water partition coefficient (Wildman–Crippen LogP) is 3.85. The van der Waals surface area contributed by atoms with E-state index in [1.54, 1.807) is 37.4 Å². The van der Waals surface area contributed by atoms with Crippen LogP contribution in [0.3, 0.4) is 0 Å². The number of para-hydroxylation sites is 1. The third-order valence-electron chi connectivity index (χ3n) is 2.94. The maximum atomic E-state index is 12.2. The number of ether oxygens (including phenoxy) is 1. The summed E-state index contributed by atoms with van der Waals surface area (Å²) < 4.78 is 5.38. The lowest BCUT2D eigenvalue weighted by Crippen LogP contribution is -2.31. The average Bonchev–Trinajstić information content (AvgIpc) is 2.92. The summed E-state index contributed by atoms with van der Waals surface area (Å²) in [5, 5.41) is 2.71. The number of nitrogens with one attached hydrogen (secondary N) is 1. The minimum atomic E-state index is -0.497. The van der Waals surface area contributed by atoms with Crippen molar-refractivity contribution < 1.29 is 14.3 Å². The molecule has 22 heavy (non-hydrogen) atoms. The number of carbonyl (C=O) groups is 2. The molecule has 2 amide bonds. The van der Waals surface area contributed by atoms with E-state index in [0.29, 0.717) is 22.1 Å². The summed E-state index contributed by atoms with van der Waals surface area (Å²) in [5.41, 5.74) is 0.723. The minimum Gasteiger partial charge on any atom is -0.465 e. The molecule has 1 heterocycles. The first kappa shape index (κ1) is 16.3. The fourth-order valence-electron chi connectivity index (χ4n) is 1.83.